The number of pyridine rings is 1. The standard InChI is InChI=1S/C16H13ClN2O/c17-11-6-7-14(20)13(9-11)15(18)12-5-1-3-10-4-2-8-19-16(10)12/h1-9,15,20H,18H2. The number of rotatable bonds is 2. The Hall–Kier alpha value is -2.10. The summed E-state index contributed by atoms with van der Waals surface area (Å²) in [6, 6.07) is 14.1. The van der Waals surface area contributed by atoms with Gasteiger partial charge in [0.15, 0.2) is 0 Å². The number of aromatic nitrogens is 1. The van der Waals surface area contributed by atoms with Gasteiger partial charge in [-0.25, -0.2) is 0 Å². The van der Waals surface area contributed by atoms with Crippen LogP contribution >= 0.6 is 11.6 Å². The van der Waals surface area contributed by atoms with Gasteiger partial charge in [0.05, 0.1) is 11.6 Å². The number of hydrogen-bond donors (Lipinski definition) is 2. The normalized spacial score (nSPS) is 12.5. The molecule has 20 heavy (non-hydrogen) atoms. The summed E-state index contributed by atoms with van der Waals surface area (Å²) in [5.74, 6) is 0.134. The zero-order valence-corrected chi connectivity index (χ0v) is 11.4. The average molecular weight is 285 g/mol. The highest BCUT2D eigenvalue weighted by atomic mass is 35.5. The zero-order chi connectivity index (χ0) is 14.1. The van der Waals surface area contributed by atoms with E-state index in [-0.39, 0.29) is 5.75 Å². The Kier molecular flexibility index (Phi) is 3.30. The first-order valence-electron chi connectivity index (χ1n) is 6.24. The largest absolute Gasteiger partial charge is 0.508 e. The van der Waals surface area contributed by atoms with Crippen molar-refractivity contribution in [3.05, 3.63) is 70.9 Å². The number of nitrogens with two attached hydrogens (primary N) is 1. The Morgan fingerprint density at radius 3 is 2.70 bits per heavy atom. The Balaban J connectivity index is 2.17. The van der Waals surface area contributed by atoms with Crippen LogP contribution in [0.5, 0.6) is 5.75 Å². The van der Waals surface area contributed by atoms with Crippen molar-refractivity contribution in [2.24, 2.45) is 5.73 Å². The molecule has 1 aromatic heterocycles. The van der Waals surface area contributed by atoms with Crippen molar-refractivity contribution in [3.8, 4) is 5.75 Å². The number of fused-ring (bicyclic) bond motifs is 1. The number of aromatic hydroxyl groups is 1. The van der Waals surface area contributed by atoms with E-state index >= 15 is 0 Å². The van der Waals surface area contributed by atoms with E-state index in [1.807, 2.05) is 30.3 Å². The molecule has 0 radical (unpaired) electrons. The van der Waals surface area contributed by atoms with Crippen LogP contribution in [0, 0.1) is 0 Å². The third-order valence-corrected chi connectivity index (χ3v) is 3.56. The zero-order valence-electron chi connectivity index (χ0n) is 10.6. The molecule has 3 N–H and O–H groups in total. The van der Waals surface area contributed by atoms with Gasteiger partial charge in [0.25, 0.3) is 0 Å². The predicted molar refractivity (Wildman–Crippen MR) is 80.9 cm³/mol. The molecule has 1 heterocycles. The van der Waals surface area contributed by atoms with Crippen LogP contribution < -0.4 is 5.73 Å². The maximum Gasteiger partial charge on any atom is 0.120 e. The molecule has 0 bridgehead atoms. The van der Waals surface area contributed by atoms with Crippen molar-refractivity contribution < 1.29 is 5.11 Å². The van der Waals surface area contributed by atoms with Gasteiger partial charge in [-0.2, -0.15) is 0 Å². The van der Waals surface area contributed by atoms with Gasteiger partial charge in [-0.1, -0.05) is 35.9 Å². The number of hydrogen-bond acceptors (Lipinski definition) is 3. The lowest BCUT2D eigenvalue weighted by Crippen LogP contribution is -2.13. The molecule has 3 nitrogen and oxygen atoms in total. The summed E-state index contributed by atoms with van der Waals surface area (Å²) in [4.78, 5) is 4.39. The van der Waals surface area contributed by atoms with Crippen LogP contribution in [0.4, 0.5) is 0 Å². The van der Waals surface area contributed by atoms with Gasteiger partial charge in [0.1, 0.15) is 5.75 Å². The molecule has 3 rings (SSSR count). The van der Waals surface area contributed by atoms with Crippen molar-refractivity contribution in [1.82, 2.24) is 4.98 Å². The minimum atomic E-state index is -0.479. The molecular formula is C16H13ClN2O. The van der Waals surface area contributed by atoms with E-state index in [2.05, 4.69) is 4.98 Å². The summed E-state index contributed by atoms with van der Waals surface area (Å²) in [7, 11) is 0. The molecule has 0 spiro atoms. The average Bonchev–Trinajstić information content (AvgIpc) is 2.48. The number of phenolic OH excluding ortho intramolecular Hbond substituents is 1. The van der Waals surface area contributed by atoms with E-state index in [4.69, 9.17) is 17.3 Å². The van der Waals surface area contributed by atoms with E-state index in [1.165, 1.54) is 0 Å². The van der Waals surface area contributed by atoms with E-state index in [1.54, 1.807) is 24.4 Å². The first-order chi connectivity index (χ1) is 9.66. The quantitative estimate of drug-likeness (QED) is 0.755. The van der Waals surface area contributed by atoms with Crippen molar-refractivity contribution in [2.45, 2.75) is 6.04 Å². The van der Waals surface area contributed by atoms with Crippen molar-refractivity contribution >= 4 is 22.5 Å². The van der Waals surface area contributed by atoms with Crippen molar-refractivity contribution in [1.29, 1.82) is 0 Å². The third-order valence-electron chi connectivity index (χ3n) is 3.32. The molecule has 4 heteroatoms. The summed E-state index contributed by atoms with van der Waals surface area (Å²) < 4.78 is 0. The van der Waals surface area contributed by atoms with Gasteiger partial charge < -0.3 is 10.8 Å². The molecule has 0 aliphatic heterocycles. The van der Waals surface area contributed by atoms with Gasteiger partial charge in [0.2, 0.25) is 0 Å². The van der Waals surface area contributed by atoms with Gasteiger partial charge in [-0.05, 0) is 29.8 Å². The summed E-state index contributed by atoms with van der Waals surface area (Å²) in [6.07, 6.45) is 1.73. The molecule has 0 aliphatic carbocycles. The predicted octanol–water partition coefficient (Wildman–Crippen LogP) is 3.64. The van der Waals surface area contributed by atoms with Gasteiger partial charge >= 0.3 is 0 Å². The summed E-state index contributed by atoms with van der Waals surface area (Å²) in [5, 5.41) is 11.5. The topological polar surface area (TPSA) is 59.1 Å². The highest BCUT2D eigenvalue weighted by Gasteiger charge is 2.16. The monoisotopic (exact) mass is 284 g/mol. The van der Waals surface area contributed by atoms with E-state index in [0.29, 0.717) is 10.6 Å². The lowest BCUT2D eigenvalue weighted by Gasteiger charge is -2.16. The first kappa shape index (κ1) is 12.9. The smallest absolute Gasteiger partial charge is 0.120 e. The van der Waals surface area contributed by atoms with Crippen LogP contribution in [0.25, 0.3) is 10.9 Å². The fourth-order valence-electron chi connectivity index (χ4n) is 2.32. The number of nitrogens with zero attached hydrogens (tertiary/aromatic N) is 1. The molecule has 0 saturated carbocycles. The molecule has 100 valence electrons. The maximum absolute atomic E-state index is 9.98. The van der Waals surface area contributed by atoms with E-state index in [9.17, 15) is 5.11 Å². The molecular weight excluding hydrogens is 272 g/mol. The summed E-state index contributed by atoms with van der Waals surface area (Å²) >= 11 is 5.98. The minimum Gasteiger partial charge on any atom is -0.508 e. The Morgan fingerprint density at radius 2 is 1.85 bits per heavy atom. The minimum absolute atomic E-state index is 0.134. The highest BCUT2D eigenvalue weighted by molar-refractivity contribution is 6.30. The number of para-hydroxylation sites is 1. The van der Waals surface area contributed by atoms with Gasteiger partial charge in [0, 0.05) is 22.2 Å². The molecule has 3 aromatic rings. The molecule has 0 amide bonds. The second-order valence-electron chi connectivity index (χ2n) is 4.60. The lowest BCUT2D eigenvalue weighted by atomic mass is 9.96. The van der Waals surface area contributed by atoms with Gasteiger partial charge in [-0.15, -0.1) is 0 Å². The fraction of sp³-hybridized carbons (Fsp3) is 0.0625. The van der Waals surface area contributed by atoms with E-state index < -0.39 is 6.04 Å². The first-order valence-corrected chi connectivity index (χ1v) is 6.62. The van der Waals surface area contributed by atoms with Crippen LogP contribution in [0.3, 0.4) is 0 Å². The molecule has 0 aliphatic rings. The molecule has 1 unspecified atom stereocenters. The van der Waals surface area contributed by atoms with Crippen molar-refractivity contribution in [2.75, 3.05) is 0 Å². The molecule has 0 saturated heterocycles. The molecule has 0 fully saturated rings. The lowest BCUT2D eigenvalue weighted by molar-refractivity contribution is 0.465. The maximum atomic E-state index is 9.98. The highest BCUT2D eigenvalue weighted by Crippen LogP contribution is 2.32. The van der Waals surface area contributed by atoms with E-state index in [0.717, 1.165) is 16.5 Å². The third kappa shape index (κ3) is 2.22. The van der Waals surface area contributed by atoms with Crippen LogP contribution in [-0.2, 0) is 0 Å². The number of benzene rings is 2. The van der Waals surface area contributed by atoms with Crippen LogP contribution in [0.15, 0.2) is 54.7 Å². The second kappa shape index (κ2) is 5.12. The summed E-state index contributed by atoms with van der Waals surface area (Å²) in [6.45, 7) is 0. The SMILES string of the molecule is NC(c1cc(Cl)ccc1O)c1cccc2cccnc12. The van der Waals surface area contributed by atoms with Crippen LogP contribution in [-0.4, -0.2) is 10.1 Å². The Morgan fingerprint density at radius 1 is 1.05 bits per heavy atom. The summed E-state index contributed by atoms with van der Waals surface area (Å²) in [5.41, 5.74) is 8.58. The number of phenols is 1. The van der Waals surface area contributed by atoms with Crippen LogP contribution in [0.1, 0.15) is 17.2 Å². The van der Waals surface area contributed by atoms with Crippen molar-refractivity contribution in [3.63, 3.8) is 0 Å². The Labute approximate surface area is 121 Å². The second-order valence-corrected chi connectivity index (χ2v) is 5.04. The Bertz CT molecular complexity index is 768. The van der Waals surface area contributed by atoms with Gasteiger partial charge in [-0.3, -0.25) is 4.98 Å². The number of halogens is 1. The molecule has 2 aromatic carbocycles. The molecule has 1 atom stereocenters. The van der Waals surface area contributed by atoms with Crippen LogP contribution in [0.2, 0.25) is 5.02 Å². The fourth-order valence-corrected chi connectivity index (χ4v) is 2.50.